The average Bonchev–Trinajstić information content (AvgIpc) is 2.47. The van der Waals surface area contributed by atoms with Gasteiger partial charge in [0.25, 0.3) is 5.91 Å². The minimum Gasteiger partial charge on any atom is -0.384 e. The van der Waals surface area contributed by atoms with Gasteiger partial charge in [-0.3, -0.25) is 4.79 Å². The first-order valence-corrected chi connectivity index (χ1v) is 6.37. The van der Waals surface area contributed by atoms with Crippen LogP contribution in [0.15, 0.2) is 42.5 Å². The minimum absolute atomic E-state index is 0.294. The SMILES string of the molecule is Cc1cccc(C(=O)Nc2ccc(F)cc2C#CCO)c1. The van der Waals surface area contributed by atoms with Gasteiger partial charge >= 0.3 is 0 Å². The molecule has 2 aromatic rings. The largest absolute Gasteiger partial charge is 0.384 e. The molecule has 0 atom stereocenters. The molecule has 2 N–H and O–H groups in total. The van der Waals surface area contributed by atoms with E-state index in [-0.39, 0.29) is 12.5 Å². The third kappa shape index (κ3) is 3.91. The highest BCUT2D eigenvalue weighted by atomic mass is 19.1. The molecule has 0 unspecified atom stereocenters. The van der Waals surface area contributed by atoms with Crippen LogP contribution in [0.2, 0.25) is 0 Å². The molecular formula is C17H14FNO2. The maximum atomic E-state index is 13.2. The van der Waals surface area contributed by atoms with E-state index in [0.29, 0.717) is 16.8 Å². The Morgan fingerprint density at radius 1 is 1.29 bits per heavy atom. The van der Waals surface area contributed by atoms with Crippen molar-refractivity contribution in [3.63, 3.8) is 0 Å². The minimum atomic E-state index is -0.453. The normalized spacial score (nSPS) is 9.67. The number of hydrogen-bond donors (Lipinski definition) is 2. The number of anilines is 1. The third-order valence-electron chi connectivity index (χ3n) is 2.81. The second kappa shape index (κ2) is 6.69. The van der Waals surface area contributed by atoms with Gasteiger partial charge in [0, 0.05) is 5.56 Å². The summed E-state index contributed by atoms with van der Waals surface area (Å²) in [5, 5.41) is 11.4. The van der Waals surface area contributed by atoms with Crippen LogP contribution in [0.25, 0.3) is 0 Å². The predicted molar refractivity (Wildman–Crippen MR) is 79.5 cm³/mol. The van der Waals surface area contributed by atoms with Crippen molar-refractivity contribution in [3.8, 4) is 11.8 Å². The summed E-state index contributed by atoms with van der Waals surface area (Å²) >= 11 is 0. The summed E-state index contributed by atoms with van der Waals surface area (Å²) in [6.45, 7) is 1.56. The summed E-state index contributed by atoms with van der Waals surface area (Å²) in [5.41, 5.74) is 2.22. The Morgan fingerprint density at radius 2 is 2.10 bits per heavy atom. The topological polar surface area (TPSA) is 49.3 Å². The van der Waals surface area contributed by atoms with Crippen molar-refractivity contribution in [2.45, 2.75) is 6.92 Å². The second-order valence-corrected chi connectivity index (χ2v) is 4.47. The molecule has 0 aliphatic carbocycles. The van der Waals surface area contributed by atoms with Gasteiger partial charge in [0.15, 0.2) is 0 Å². The summed E-state index contributed by atoms with van der Waals surface area (Å²) in [6, 6.07) is 11.1. The van der Waals surface area contributed by atoms with Crippen LogP contribution in [0.3, 0.4) is 0 Å². The van der Waals surface area contributed by atoms with E-state index in [1.165, 1.54) is 18.2 Å². The van der Waals surface area contributed by atoms with Gasteiger partial charge in [-0.05, 0) is 37.3 Å². The first-order chi connectivity index (χ1) is 10.1. The first kappa shape index (κ1) is 14.8. The lowest BCUT2D eigenvalue weighted by atomic mass is 10.1. The number of aryl methyl sites for hydroxylation is 1. The van der Waals surface area contributed by atoms with Crippen LogP contribution >= 0.6 is 0 Å². The van der Waals surface area contributed by atoms with Crippen LogP contribution in [0.5, 0.6) is 0 Å². The molecule has 21 heavy (non-hydrogen) atoms. The van der Waals surface area contributed by atoms with Crippen LogP contribution in [-0.4, -0.2) is 17.6 Å². The number of rotatable bonds is 2. The molecule has 0 aromatic heterocycles. The van der Waals surface area contributed by atoms with Crippen LogP contribution in [0.4, 0.5) is 10.1 Å². The smallest absolute Gasteiger partial charge is 0.255 e. The Morgan fingerprint density at radius 3 is 2.81 bits per heavy atom. The van der Waals surface area contributed by atoms with Crippen molar-refractivity contribution in [1.82, 2.24) is 0 Å². The summed E-state index contributed by atoms with van der Waals surface area (Å²) in [5.74, 6) is 4.31. The Bertz CT molecular complexity index is 729. The molecule has 0 radical (unpaired) electrons. The Kier molecular flexibility index (Phi) is 4.70. The van der Waals surface area contributed by atoms with E-state index >= 15 is 0 Å². The van der Waals surface area contributed by atoms with Crippen molar-refractivity contribution in [2.24, 2.45) is 0 Å². The lowest BCUT2D eigenvalue weighted by Gasteiger charge is -2.08. The highest BCUT2D eigenvalue weighted by Crippen LogP contribution is 2.17. The van der Waals surface area contributed by atoms with Crippen LogP contribution in [-0.2, 0) is 0 Å². The molecule has 0 aliphatic heterocycles. The molecule has 0 saturated heterocycles. The maximum absolute atomic E-state index is 13.2. The molecule has 0 saturated carbocycles. The molecule has 4 heteroatoms. The quantitative estimate of drug-likeness (QED) is 0.833. The van der Waals surface area contributed by atoms with E-state index in [4.69, 9.17) is 5.11 Å². The predicted octanol–water partition coefficient (Wildman–Crippen LogP) is 2.73. The Labute approximate surface area is 122 Å². The zero-order valence-corrected chi connectivity index (χ0v) is 11.5. The van der Waals surface area contributed by atoms with Gasteiger partial charge < -0.3 is 10.4 Å². The number of hydrogen-bond acceptors (Lipinski definition) is 2. The standard InChI is InChI=1S/C17H14FNO2/c1-12-4-2-5-14(10-12)17(21)19-16-8-7-15(18)11-13(16)6-3-9-20/h2,4-5,7-8,10-11,20H,9H2,1H3,(H,19,21). The maximum Gasteiger partial charge on any atom is 0.255 e. The van der Waals surface area contributed by atoms with Crippen molar-refractivity contribution < 1.29 is 14.3 Å². The fourth-order valence-electron chi connectivity index (χ4n) is 1.84. The Balaban J connectivity index is 2.29. The molecule has 0 bridgehead atoms. The number of benzene rings is 2. The van der Waals surface area contributed by atoms with E-state index in [0.717, 1.165) is 5.56 Å². The van der Waals surface area contributed by atoms with Crippen LogP contribution < -0.4 is 5.32 Å². The molecule has 106 valence electrons. The summed E-state index contributed by atoms with van der Waals surface area (Å²) in [6.07, 6.45) is 0. The van der Waals surface area contributed by atoms with Crippen molar-refractivity contribution >= 4 is 11.6 Å². The molecule has 2 rings (SSSR count). The molecular weight excluding hydrogens is 269 g/mol. The van der Waals surface area contributed by atoms with Gasteiger partial charge in [-0.1, -0.05) is 29.5 Å². The van der Waals surface area contributed by atoms with E-state index in [9.17, 15) is 9.18 Å². The zero-order chi connectivity index (χ0) is 15.2. The molecule has 0 aliphatic rings. The number of aliphatic hydroxyl groups is 1. The molecule has 0 spiro atoms. The van der Waals surface area contributed by atoms with Gasteiger partial charge in [0.05, 0.1) is 11.3 Å². The van der Waals surface area contributed by atoms with Gasteiger partial charge in [-0.25, -0.2) is 4.39 Å². The summed E-state index contributed by atoms with van der Waals surface area (Å²) in [7, 11) is 0. The van der Waals surface area contributed by atoms with E-state index in [1.54, 1.807) is 18.2 Å². The lowest BCUT2D eigenvalue weighted by molar-refractivity contribution is 0.102. The lowest BCUT2D eigenvalue weighted by Crippen LogP contribution is -2.13. The van der Waals surface area contributed by atoms with Crippen molar-refractivity contribution in [1.29, 1.82) is 0 Å². The molecule has 0 fully saturated rings. The number of nitrogens with one attached hydrogen (secondary N) is 1. The van der Waals surface area contributed by atoms with Gasteiger partial charge in [0.2, 0.25) is 0 Å². The first-order valence-electron chi connectivity index (χ1n) is 6.37. The van der Waals surface area contributed by atoms with Gasteiger partial charge in [-0.2, -0.15) is 0 Å². The fourth-order valence-corrected chi connectivity index (χ4v) is 1.84. The van der Waals surface area contributed by atoms with E-state index in [1.807, 2.05) is 13.0 Å². The Hall–Kier alpha value is -2.64. The van der Waals surface area contributed by atoms with E-state index < -0.39 is 5.82 Å². The number of amides is 1. The summed E-state index contributed by atoms with van der Waals surface area (Å²) in [4.78, 5) is 12.2. The molecule has 1 amide bonds. The average molecular weight is 283 g/mol. The zero-order valence-electron chi connectivity index (χ0n) is 11.5. The number of aliphatic hydroxyl groups excluding tert-OH is 1. The van der Waals surface area contributed by atoms with Crippen LogP contribution in [0.1, 0.15) is 21.5 Å². The second-order valence-electron chi connectivity index (χ2n) is 4.47. The van der Waals surface area contributed by atoms with Crippen LogP contribution in [0, 0.1) is 24.6 Å². The molecule has 3 nitrogen and oxygen atoms in total. The van der Waals surface area contributed by atoms with Gasteiger partial charge in [0.1, 0.15) is 12.4 Å². The molecule has 2 aromatic carbocycles. The monoisotopic (exact) mass is 283 g/mol. The summed E-state index contributed by atoms with van der Waals surface area (Å²) < 4.78 is 13.2. The fraction of sp³-hybridized carbons (Fsp3) is 0.118. The highest BCUT2D eigenvalue weighted by molar-refractivity contribution is 6.05. The van der Waals surface area contributed by atoms with Gasteiger partial charge in [-0.15, -0.1) is 0 Å². The number of carbonyl (C=O) groups excluding carboxylic acids is 1. The van der Waals surface area contributed by atoms with Crippen molar-refractivity contribution in [2.75, 3.05) is 11.9 Å². The third-order valence-corrected chi connectivity index (χ3v) is 2.81. The number of halogens is 1. The number of carbonyl (C=O) groups is 1. The van der Waals surface area contributed by atoms with Crippen molar-refractivity contribution in [3.05, 3.63) is 65.0 Å². The van der Waals surface area contributed by atoms with E-state index in [2.05, 4.69) is 17.2 Å². The highest BCUT2D eigenvalue weighted by Gasteiger charge is 2.09. The molecule has 0 heterocycles.